The molecule has 6 heteroatoms. The predicted molar refractivity (Wildman–Crippen MR) is 48.9 cm³/mol. The molecule has 2 amide bonds. The van der Waals surface area contributed by atoms with Gasteiger partial charge in [-0.05, 0) is 13.8 Å². The first-order valence-corrected chi connectivity index (χ1v) is 4.38. The molecule has 0 saturated carbocycles. The molecule has 1 aliphatic rings. The molecule has 1 unspecified atom stereocenters. The van der Waals surface area contributed by atoms with Crippen molar-refractivity contribution >= 4 is 11.8 Å². The Morgan fingerprint density at radius 2 is 2.43 bits per heavy atom. The quantitative estimate of drug-likeness (QED) is 0.527. The van der Waals surface area contributed by atoms with Gasteiger partial charge in [0.1, 0.15) is 12.6 Å². The Morgan fingerprint density at radius 1 is 1.79 bits per heavy atom. The average molecular weight is 201 g/mol. The topological polar surface area (TPSA) is 93.5 Å². The van der Waals surface area contributed by atoms with Crippen LogP contribution < -0.4 is 16.5 Å². The van der Waals surface area contributed by atoms with Crippen molar-refractivity contribution in [3.8, 4) is 0 Å². The van der Waals surface area contributed by atoms with Crippen molar-refractivity contribution in [1.29, 1.82) is 0 Å². The standard InChI is InChI=1S/C8H15N3O3/c1-8(2,9)3-6(12)10-5-4-14-11-7(5)13/h5H,3-4,9H2,1-2H3,(H,10,12)(H,11,13). The summed E-state index contributed by atoms with van der Waals surface area (Å²) in [6.45, 7) is 3.66. The molecule has 0 aromatic rings. The van der Waals surface area contributed by atoms with Crippen LogP contribution in [0.15, 0.2) is 0 Å². The van der Waals surface area contributed by atoms with Gasteiger partial charge < -0.3 is 11.1 Å². The molecule has 14 heavy (non-hydrogen) atoms. The minimum absolute atomic E-state index is 0.162. The summed E-state index contributed by atoms with van der Waals surface area (Å²) in [5, 5.41) is 2.53. The van der Waals surface area contributed by atoms with E-state index >= 15 is 0 Å². The van der Waals surface area contributed by atoms with Gasteiger partial charge in [-0.3, -0.25) is 14.4 Å². The molecule has 0 radical (unpaired) electrons. The lowest BCUT2D eigenvalue weighted by atomic mass is 10.0. The van der Waals surface area contributed by atoms with Crippen molar-refractivity contribution in [3.63, 3.8) is 0 Å². The summed E-state index contributed by atoms with van der Waals surface area (Å²) in [4.78, 5) is 27.0. The second-order valence-corrected chi connectivity index (χ2v) is 4.06. The molecule has 1 atom stereocenters. The molecular formula is C8H15N3O3. The van der Waals surface area contributed by atoms with Gasteiger partial charge in [-0.2, -0.15) is 0 Å². The van der Waals surface area contributed by atoms with Crippen molar-refractivity contribution in [2.75, 3.05) is 6.61 Å². The first-order valence-electron chi connectivity index (χ1n) is 4.38. The molecule has 1 saturated heterocycles. The fraction of sp³-hybridized carbons (Fsp3) is 0.750. The van der Waals surface area contributed by atoms with Gasteiger partial charge in [0.05, 0.1) is 0 Å². The van der Waals surface area contributed by atoms with Gasteiger partial charge in [0.2, 0.25) is 5.91 Å². The normalized spacial score (nSPS) is 21.9. The number of nitrogens with two attached hydrogens (primary N) is 1. The molecule has 6 nitrogen and oxygen atoms in total. The molecule has 80 valence electrons. The molecule has 0 bridgehead atoms. The van der Waals surface area contributed by atoms with Gasteiger partial charge in [-0.25, -0.2) is 5.48 Å². The van der Waals surface area contributed by atoms with E-state index in [1.54, 1.807) is 13.8 Å². The summed E-state index contributed by atoms with van der Waals surface area (Å²) in [7, 11) is 0. The number of hydrogen-bond acceptors (Lipinski definition) is 4. The summed E-state index contributed by atoms with van der Waals surface area (Å²) < 4.78 is 0. The molecule has 0 aromatic heterocycles. The molecule has 1 fully saturated rings. The molecule has 0 aromatic carbocycles. The van der Waals surface area contributed by atoms with E-state index in [0.29, 0.717) is 0 Å². The number of hydrogen-bond donors (Lipinski definition) is 3. The van der Waals surface area contributed by atoms with Gasteiger partial charge in [0.15, 0.2) is 0 Å². The summed E-state index contributed by atoms with van der Waals surface area (Å²) in [6.07, 6.45) is 0.177. The summed E-state index contributed by atoms with van der Waals surface area (Å²) in [5.74, 6) is -0.573. The lowest BCUT2D eigenvalue weighted by molar-refractivity contribution is -0.129. The molecule has 1 heterocycles. The molecule has 0 spiro atoms. The van der Waals surface area contributed by atoms with Gasteiger partial charge >= 0.3 is 0 Å². The second kappa shape index (κ2) is 3.93. The largest absolute Gasteiger partial charge is 0.342 e. The van der Waals surface area contributed by atoms with Gasteiger partial charge in [-0.15, -0.1) is 0 Å². The van der Waals surface area contributed by atoms with Crippen LogP contribution in [-0.4, -0.2) is 30.0 Å². The minimum atomic E-state index is -0.593. The van der Waals surface area contributed by atoms with Crippen LogP contribution in [-0.2, 0) is 14.4 Å². The third-order valence-electron chi connectivity index (χ3n) is 1.69. The van der Waals surface area contributed by atoms with Crippen LogP contribution in [0.5, 0.6) is 0 Å². The van der Waals surface area contributed by atoms with Gasteiger partial charge in [0.25, 0.3) is 5.91 Å². The maximum absolute atomic E-state index is 11.3. The first-order chi connectivity index (χ1) is 6.38. The van der Waals surface area contributed by atoms with E-state index in [9.17, 15) is 9.59 Å². The zero-order valence-electron chi connectivity index (χ0n) is 8.29. The third kappa shape index (κ3) is 3.31. The number of nitrogens with one attached hydrogen (secondary N) is 2. The highest BCUT2D eigenvalue weighted by Gasteiger charge is 2.28. The Kier molecular flexibility index (Phi) is 3.07. The fourth-order valence-corrected chi connectivity index (χ4v) is 1.11. The Morgan fingerprint density at radius 3 is 2.86 bits per heavy atom. The van der Waals surface area contributed by atoms with Crippen LogP contribution in [0.1, 0.15) is 20.3 Å². The zero-order valence-corrected chi connectivity index (χ0v) is 8.29. The Hall–Kier alpha value is -1.14. The van der Waals surface area contributed by atoms with Crippen molar-refractivity contribution < 1.29 is 14.4 Å². The van der Waals surface area contributed by atoms with E-state index in [1.165, 1.54) is 0 Å². The highest BCUT2D eigenvalue weighted by molar-refractivity contribution is 5.88. The van der Waals surface area contributed by atoms with Crippen molar-refractivity contribution in [1.82, 2.24) is 10.8 Å². The SMILES string of the molecule is CC(C)(N)CC(=O)NC1CONC1=O. The Bertz CT molecular complexity index is 247. The minimum Gasteiger partial charge on any atom is -0.342 e. The summed E-state index contributed by atoms with van der Waals surface area (Å²) in [5.41, 5.74) is 7.24. The highest BCUT2D eigenvalue weighted by atomic mass is 16.7. The molecule has 1 rings (SSSR count). The van der Waals surface area contributed by atoms with Crippen LogP contribution >= 0.6 is 0 Å². The lowest BCUT2D eigenvalue weighted by Gasteiger charge is -2.18. The van der Waals surface area contributed by atoms with Crippen LogP contribution in [0.25, 0.3) is 0 Å². The summed E-state index contributed by atoms with van der Waals surface area (Å²) >= 11 is 0. The van der Waals surface area contributed by atoms with Crippen LogP contribution in [0.4, 0.5) is 0 Å². The van der Waals surface area contributed by atoms with E-state index in [4.69, 9.17) is 5.73 Å². The number of rotatable bonds is 3. The third-order valence-corrected chi connectivity index (χ3v) is 1.69. The molecule has 1 aliphatic heterocycles. The average Bonchev–Trinajstić information content (AvgIpc) is 2.32. The van der Waals surface area contributed by atoms with E-state index in [-0.39, 0.29) is 24.8 Å². The first kappa shape index (κ1) is 10.9. The Balaban J connectivity index is 2.37. The van der Waals surface area contributed by atoms with Crippen LogP contribution in [0.3, 0.4) is 0 Å². The zero-order chi connectivity index (χ0) is 10.8. The van der Waals surface area contributed by atoms with E-state index < -0.39 is 11.6 Å². The highest BCUT2D eigenvalue weighted by Crippen LogP contribution is 2.04. The van der Waals surface area contributed by atoms with Crippen LogP contribution in [0, 0.1) is 0 Å². The maximum Gasteiger partial charge on any atom is 0.268 e. The van der Waals surface area contributed by atoms with E-state index in [1.807, 2.05) is 0 Å². The predicted octanol–water partition coefficient (Wildman–Crippen LogP) is -1.34. The second-order valence-electron chi connectivity index (χ2n) is 4.06. The van der Waals surface area contributed by atoms with Gasteiger partial charge in [0, 0.05) is 12.0 Å². The number of amides is 2. The molecule has 4 N–H and O–H groups in total. The fourth-order valence-electron chi connectivity index (χ4n) is 1.11. The smallest absolute Gasteiger partial charge is 0.268 e. The number of carbonyl (C=O) groups is 2. The number of carbonyl (C=O) groups excluding carboxylic acids is 2. The van der Waals surface area contributed by atoms with Crippen molar-refractivity contribution in [2.24, 2.45) is 5.73 Å². The van der Waals surface area contributed by atoms with Crippen LogP contribution in [0.2, 0.25) is 0 Å². The van der Waals surface area contributed by atoms with Gasteiger partial charge in [-0.1, -0.05) is 0 Å². The summed E-state index contributed by atoms with van der Waals surface area (Å²) in [6, 6.07) is -0.593. The maximum atomic E-state index is 11.3. The number of hydroxylamine groups is 1. The van der Waals surface area contributed by atoms with Crippen molar-refractivity contribution in [3.05, 3.63) is 0 Å². The Labute approximate surface area is 82.1 Å². The molecule has 0 aliphatic carbocycles. The van der Waals surface area contributed by atoms with Crippen molar-refractivity contribution in [2.45, 2.75) is 31.8 Å². The van der Waals surface area contributed by atoms with E-state index in [0.717, 1.165) is 0 Å². The molecular weight excluding hydrogens is 186 g/mol. The van der Waals surface area contributed by atoms with E-state index in [2.05, 4.69) is 15.6 Å². The monoisotopic (exact) mass is 201 g/mol. The lowest BCUT2D eigenvalue weighted by Crippen LogP contribution is -2.46.